The van der Waals surface area contributed by atoms with Crippen LogP contribution in [0.15, 0.2) is 66.0 Å². The topological polar surface area (TPSA) is 74.2 Å². The zero-order valence-electron chi connectivity index (χ0n) is 14.0. The zero-order chi connectivity index (χ0) is 16.2. The van der Waals surface area contributed by atoms with Crippen molar-refractivity contribution in [2.45, 2.75) is 54.7 Å². The first kappa shape index (κ1) is 15.5. The Bertz CT molecular complexity index is 608. The Morgan fingerprint density at radius 2 is 0.909 bits per heavy atom. The molecule has 0 fully saturated rings. The van der Waals surface area contributed by atoms with Gasteiger partial charge in [0.25, 0.3) is 0 Å². The molecule has 6 nitrogen and oxygen atoms in total. The summed E-state index contributed by atoms with van der Waals surface area (Å²) in [7, 11) is 0. The van der Waals surface area contributed by atoms with Crippen LogP contribution < -0.4 is 0 Å². The number of rotatable bonds is 3. The van der Waals surface area contributed by atoms with Gasteiger partial charge in [-0.25, -0.2) is 0 Å². The van der Waals surface area contributed by atoms with Crippen molar-refractivity contribution in [2.75, 3.05) is 0 Å². The van der Waals surface area contributed by atoms with Crippen molar-refractivity contribution in [3.05, 3.63) is 35.3 Å². The summed E-state index contributed by atoms with van der Waals surface area (Å²) in [5.74, 6) is 0. The Morgan fingerprint density at radius 1 is 0.636 bits per heavy atom. The minimum atomic E-state index is -2.49. The molecule has 3 aliphatic heterocycles. The van der Waals surface area contributed by atoms with Crippen molar-refractivity contribution in [2.24, 2.45) is 30.7 Å². The van der Waals surface area contributed by atoms with Crippen LogP contribution in [0.25, 0.3) is 0 Å². The molecule has 116 valence electrons. The first-order valence-corrected chi connectivity index (χ1v) is 11.2. The predicted molar refractivity (Wildman–Crippen MR) is 88.2 cm³/mol. The average molecular weight is 359 g/mol. The molecule has 0 radical (unpaired) electrons. The van der Waals surface area contributed by atoms with Gasteiger partial charge in [-0.15, -0.1) is 0 Å². The zero-order valence-corrected chi connectivity index (χ0v) is 16.4. The van der Waals surface area contributed by atoms with Crippen LogP contribution in [0, 0.1) is 0 Å². The molecule has 3 unspecified atom stereocenters. The van der Waals surface area contributed by atoms with Gasteiger partial charge in [0, 0.05) is 0 Å². The average Bonchev–Trinajstić information content (AvgIpc) is 3.01. The standard InChI is InChI=1S/C15H22GeN6/c1-10-7-13(4,20-17-10)16(14(5)8-11(2)18-21-14)15(6)9-12(3)19-22-15/h7-9,16H,1-6H3. The molecule has 0 bridgehead atoms. The van der Waals surface area contributed by atoms with Crippen molar-refractivity contribution in [1.29, 1.82) is 0 Å². The Labute approximate surface area is 135 Å². The summed E-state index contributed by atoms with van der Waals surface area (Å²) < 4.78 is -0.914. The third kappa shape index (κ3) is 2.33. The van der Waals surface area contributed by atoms with Gasteiger partial charge in [-0.05, 0) is 0 Å². The normalized spacial score (nSPS) is 40.9. The van der Waals surface area contributed by atoms with Crippen LogP contribution in [-0.4, -0.2) is 27.5 Å². The predicted octanol–water partition coefficient (Wildman–Crippen LogP) is 4.22. The molecule has 0 spiro atoms. The molecule has 3 heterocycles. The van der Waals surface area contributed by atoms with Crippen molar-refractivity contribution in [3.8, 4) is 0 Å². The summed E-state index contributed by atoms with van der Waals surface area (Å²) >= 11 is -2.49. The molecular formula is C15H22GeN6. The Balaban J connectivity index is 2.16. The van der Waals surface area contributed by atoms with Crippen LogP contribution in [0.1, 0.15) is 41.5 Å². The Morgan fingerprint density at radius 3 is 1.09 bits per heavy atom. The van der Waals surface area contributed by atoms with E-state index in [9.17, 15) is 0 Å². The van der Waals surface area contributed by atoms with Gasteiger partial charge in [0.15, 0.2) is 0 Å². The summed E-state index contributed by atoms with van der Waals surface area (Å²) in [4.78, 5) is 0. The first-order chi connectivity index (χ1) is 10.2. The van der Waals surface area contributed by atoms with Gasteiger partial charge in [-0.1, -0.05) is 0 Å². The number of allylic oxidation sites excluding steroid dienone is 3. The summed E-state index contributed by atoms with van der Waals surface area (Å²) in [6, 6.07) is 0. The van der Waals surface area contributed by atoms with Crippen LogP contribution in [0.5, 0.6) is 0 Å². The van der Waals surface area contributed by atoms with Gasteiger partial charge in [0.1, 0.15) is 0 Å². The molecule has 3 rings (SSSR count). The fourth-order valence-corrected chi connectivity index (χ4v) is 15.3. The Kier molecular flexibility index (Phi) is 3.36. The summed E-state index contributed by atoms with van der Waals surface area (Å²) in [6.07, 6.45) is 6.55. The summed E-state index contributed by atoms with van der Waals surface area (Å²) in [6.45, 7) is 12.5. The minimum absolute atomic E-state index is 0.305. The second kappa shape index (κ2) is 4.78. The molecule has 7 heteroatoms. The molecular weight excluding hydrogens is 337 g/mol. The summed E-state index contributed by atoms with van der Waals surface area (Å²) in [5, 5.41) is 26.8. The number of nitrogens with zero attached hydrogens (tertiary/aromatic N) is 6. The van der Waals surface area contributed by atoms with E-state index in [-0.39, 0.29) is 13.1 Å². The third-order valence-corrected chi connectivity index (χ3v) is 13.7. The van der Waals surface area contributed by atoms with Gasteiger partial charge in [-0.2, -0.15) is 0 Å². The van der Waals surface area contributed by atoms with Gasteiger partial charge >= 0.3 is 135 Å². The second-order valence-corrected chi connectivity index (χ2v) is 16.2. The van der Waals surface area contributed by atoms with E-state index in [4.69, 9.17) is 0 Å². The van der Waals surface area contributed by atoms with Crippen LogP contribution >= 0.6 is 0 Å². The van der Waals surface area contributed by atoms with E-state index in [1.807, 2.05) is 20.8 Å². The number of hydrogen-bond donors (Lipinski definition) is 0. The van der Waals surface area contributed by atoms with Crippen molar-refractivity contribution >= 4 is 14.3 Å². The van der Waals surface area contributed by atoms with Crippen LogP contribution in [-0.2, 0) is 0 Å². The molecule has 0 saturated heterocycles. The maximum absolute atomic E-state index is 4.63. The molecule has 0 aromatic rings. The van der Waals surface area contributed by atoms with E-state index in [1.54, 1.807) is 0 Å². The molecule has 22 heavy (non-hydrogen) atoms. The van der Waals surface area contributed by atoms with Gasteiger partial charge in [0.2, 0.25) is 0 Å². The van der Waals surface area contributed by atoms with Crippen molar-refractivity contribution in [3.63, 3.8) is 0 Å². The van der Waals surface area contributed by atoms with Crippen LogP contribution in [0.4, 0.5) is 0 Å². The molecule has 3 aliphatic rings. The molecule has 0 amide bonds. The Hall–Kier alpha value is -1.44. The molecule has 0 aliphatic carbocycles. The monoisotopic (exact) mass is 360 g/mol. The van der Waals surface area contributed by atoms with Crippen molar-refractivity contribution in [1.82, 2.24) is 0 Å². The van der Waals surface area contributed by atoms with E-state index < -0.39 is 14.3 Å². The first-order valence-electron chi connectivity index (χ1n) is 7.54. The van der Waals surface area contributed by atoms with Gasteiger partial charge < -0.3 is 0 Å². The quantitative estimate of drug-likeness (QED) is 0.677. The van der Waals surface area contributed by atoms with E-state index in [0.717, 1.165) is 17.1 Å². The van der Waals surface area contributed by atoms with E-state index in [2.05, 4.69) is 69.7 Å². The second-order valence-electron chi connectivity index (χ2n) is 7.07. The fraction of sp³-hybridized carbons (Fsp3) is 0.600. The van der Waals surface area contributed by atoms with Gasteiger partial charge in [-0.3, -0.25) is 0 Å². The van der Waals surface area contributed by atoms with E-state index >= 15 is 0 Å². The van der Waals surface area contributed by atoms with Crippen LogP contribution in [0.2, 0.25) is 0 Å². The molecule has 0 saturated carbocycles. The molecule has 3 atom stereocenters. The van der Waals surface area contributed by atoms with E-state index in [0.29, 0.717) is 0 Å². The summed E-state index contributed by atoms with van der Waals surface area (Å²) in [5.41, 5.74) is 2.91. The molecule has 0 N–H and O–H groups in total. The molecule has 0 aromatic carbocycles. The van der Waals surface area contributed by atoms with Gasteiger partial charge in [0.05, 0.1) is 0 Å². The van der Waals surface area contributed by atoms with E-state index in [1.165, 1.54) is 0 Å². The number of azo groups is 3. The fourth-order valence-electron chi connectivity index (χ4n) is 4.20. The third-order valence-electron chi connectivity index (χ3n) is 4.53. The molecule has 0 aromatic heterocycles. The SMILES string of the molecule is CC1=C[C](C)([GeH]([C]2(C)C=C(C)N=N2)[C]2(C)C=C(C)N=N2)N=N1. The van der Waals surface area contributed by atoms with Crippen LogP contribution in [0.3, 0.4) is 0 Å². The van der Waals surface area contributed by atoms with Crippen molar-refractivity contribution < 1.29 is 0 Å². The maximum atomic E-state index is 4.63. The number of hydrogen-bond acceptors (Lipinski definition) is 6.